The molecule has 3 rings (SSSR count). The molecule has 2 aromatic rings. The third-order valence-electron chi connectivity index (χ3n) is 4.33. The number of carbonyl (C=O) groups is 3. The summed E-state index contributed by atoms with van der Waals surface area (Å²) in [6.07, 6.45) is -0.906. The third-order valence-corrected chi connectivity index (χ3v) is 5.33. The number of hydrogen-bond donors (Lipinski definition) is 1. The van der Waals surface area contributed by atoms with Crippen LogP contribution in [-0.4, -0.2) is 43.6 Å². The number of thiophene rings is 1. The van der Waals surface area contributed by atoms with E-state index >= 15 is 0 Å². The summed E-state index contributed by atoms with van der Waals surface area (Å²) in [5, 5.41) is 2.80. The molecule has 7 nitrogen and oxygen atoms in total. The van der Waals surface area contributed by atoms with Gasteiger partial charge in [0.1, 0.15) is 6.10 Å². The number of nitrogens with one attached hydrogen (secondary N) is 1. The molecule has 1 aliphatic heterocycles. The molecule has 1 saturated heterocycles. The molecule has 0 spiro atoms. The van der Waals surface area contributed by atoms with Gasteiger partial charge in [-0.05, 0) is 43.3 Å². The maximum Gasteiger partial charge on any atom is 2.00 e. The Bertz CT molecular complexity index is 892. The first-order valence-electron chi connectivity index (χ1n) is 9.74. The summed E-state index contributed by atoms with van der Waals surface area (Å²) in [6, 6.07) is 10.6. The average molecular weight is 615 g/mol. The summed E-state index contributed by atoms with van der Waals surface area (Å²) in [6.45, 7) is 13.9. The van der Waals surface area contributed by atoms with Gasteiger partial charge in [0.2, 0.25) is 0 Å². The predicted octanol–water partition coefficient (Wildman–Crippen LogP) is 4.08. The number of carbonyl (C=O) groups excluding carboxylic acids is 3. The first-order valence-corrected chi connectivity index (χ1v) is 10.6. The monoisotopic (exact) mass is 615 g/mol. The van der Waals surface area contributed by atoms with Crippen LogP contribution in [-0.2, 0) is 30.6 Å². The molecule has 0 radical (unpaired) electrons. The second-order valence-corrected chi connectivity index (χ2v) is 7.59. The van der Waals surface area contributed by atoms with Crippen molar-refractivity contribution >= 4 is 40.6 Å². The number of ether oxygens (including phenoxy) is 1. The number of anilines is 2. The van der Waals surface area contributed by atoms with E-state index in [1.807, 2.05) is 26.8 Å². The second kappa shape index (κ2) is 12.5. The molecule has 0 saturated carbocycles. The molecule has 31 heavy (non-hydrogen) atoms. The van der Waals surface area contributed by atoms with Crippen LogP contribution in [0.4, 0.5) is 16.2 Å². The van der Waals surface area contributed by atoms with Gasteiger partial charge in [-0.15, -0.1) is 17.9 Å². The van der Waals surface area contributed by atoms with Crippen LogP contribution in [0.3, 0.4) is 0 Å². The number of aryl methyl sites for hydroxylation is 1. The third kappa shape index (κ3) is 6.84. The fourth-order valence-corrected chi connectivity index (χ4v) is 3.68. The van der Waals surface area contributed by atoms with Crippen LogP contribution in [0.2, 0.25) is 0 Å². The van der Waals surface area contributed by atoms with Crippen molar-refractivity contribution in [1.82, 2.24) is 5.32 Å². The Morgan fingerprint density at radius 3 is 2.42 bits per heavy atom. The average Bonchev–Trinajstić information content (AvgIpc) is 3.34. The topological polar surface area (TPSA) is 79.0 Å². The van der Waals surface area contributed by atoms with Crippen LogP contribution < -0.4 is 15.1 Å². The van der Waals surface area contributed by atoms with E-state index in [9.17, 15) is 14.4 Å². The molecule has 1 atom stereocenters. The van der Waals surface area contributed by atoms with Crippen molar-refractivity contribution in [3.8, 4) is 0 Å². The van der Waals surface area contributed by atoms with Crippen molar-refractivity contribution in [3.63, 3.8) is 0 Å². The Labute approximate surface area is 203 Å². The molecule has 9 heteroatoms. The summed E-state index contributed by atoms with van der Waals surface area (Å²) in [7, 11) is 0. The van der Waals surface area contributed by atoms with Crippen LogP contribution in [0, 0.1) is 20.8 Å². The van der Waals surface area contributed by atoms with Gasteiger partial charge in [-0.25, -0.2) is 4.79 Å². The van der Waals surface area contributed by atoms with Gasteiger partial charge in [-0.1, -0.05) is 13.8 Å². The van der Waals surface area contributed by atoms with Gasteiger partial charge in [0.05, 0.1) is 23.9 Å². The minimum absolute atomic E-state index is 0. The van der Waals surface area contributed by atoms with Crippen molar-refractivity contribution in [2.24, 2.45) is 0 Å². The molecule has 0 aliphatic carbocycles. The van der Waals surface area contributed by atoms with Crippen LogP contribution in [0.25, 0.3) is 0 Å². The number of cyclic esters (lactones) is 1. The SMILES string of the molecule is CC.[CH2-]CN(C([CH2-])=O)c1ccc(N2CC(CNC(=O)c3ccc(C)s3)OC2=O)cc1.[HH].[W+2]. The van der Waals surface area contributed by atoms with Crippen molar-refractivity contribution < 1.29 is 41.6 Å². The van der Waals surface area contributed by atoms with Gasteiger partial charge in [-0.3, -0.25) is 9.69 Å². The van der Waals surface area contributed by atoms with Gasteiger partial charge >= 0.3 is 27.2 Å². The quantitative estimate of drug-likeness (QED) is 0.498. The van der Waals surface area contributed by atoms with Gasteiger partial charge < -0.3 is 33.6 Å². The minimum Gasteiger partial charge on any atom is -0.442 e. The van der Waals surface area contributed by atoms with E-state index in [0.29, 0.717) is 22.8 Å². The molecule has 3 amide bonds. The number of nitrogens with zero attached hydrogens (tertiary/aromatic N) is 2. The summed E-state index contributed by atoms with van der Waals surface area (Å²) in [4.78, 5) is 40.4. The largest absolute Gasteiger partial charge is 2.00 e. The molecule has 2 heterocycles. The summed E-state index contributed by atoms with van der Waals surface area (Å²) >= 11 is 1.42. The number of amides is 3. The standard InChI is InChI=1S/C20H21N3O4S.C2H6.W.H2/c1-4-22(14(3)24)15-6-8-16(9-7-15)23-12-17(27-20(23)26)11-21-19(25)18-10-5-13(2)28-18;1-2;;/h5-10,17H,1,3-4,11-12H2,2H3,(H,21,25);1-2H3;;1H/q-2;;+2;. The summed E-state index contributed by atoms with van der Waals surface area (Å²) in [5.41, 5.74) is 1.30. The Hall–Kier alpha value is -2.31. The summed E-state index contributed by atoms with van der Waals surface area (Å²) in [5.74, 6) is -0.525. The Morgan fingerprint density at radius 2 is 1.90 bits per heavy atom. The predicted molar refractivity (Wildman–Crippen MR) is 122 cm³/mol. The molecule has 1 aromatic heterocycles. The Kier molecular flexibility index (Phi) is 10.8. The molecule has 0 bridgehead atoms. The second-order valence-electron chi connectivity index (χ2n) is 6.30. The van der Waals surface area contributed by atoms with Crippen molar-refractivity contribution in [2.45, 2.75) is 26.9 Å². The zero-order valence-electron chi connectivity index (χ0n) is 17.9. The first kappa shape index (κ1) is 26.7. The van der Waals surface area contributed by atoms with E-state index in [1.54, 1.807) is 30.3 Å². The molecule has 1 unspecified atom stereocenters. The fourth-order valence-electron chi connectivity index (χ4n) is 2.90. The molecular formula is C22H29N3O4SW. The van der Waals surface area contributed by atoms with E-state index in [4.69, 9.17) is 4.74 Å². The zero-order chi connectivity index (χ0) is 22.3. The molecule has 1 fully saturated rings. The molecule has 1 N–H and O–H groups in total. The van der Waals surface area contributed by atoms with Crippen LogP contribution in [0.5, 0.6) is 0 Å². The number of benzene rings is 1. The van der Waals surface area contributed by atoms with Gasteiger partial charge in [0, 0.05) is 17.7 Å². The van der Waals surface area contributed by atoms with Gasteiger partial charge in [-0.2, -0.15) is 0 Å². The van der Waals surface area contributed by atoms with E-state index < -0.39 is 12.2 Å². The van der Waals surface area contributed by atoms with Crippen LogP contribution in [0.1, 0.15) is 29.8 Å². The Balaban J connectivity index is 0.00000234. The van der Waals surface area contributed by atoms with E-state index in [2.05, 4.69) is 19.2 Å². The van der Waals surface area contributed by atoms with Crippen molar-refractivity contribution in [2.75, 3.05) is 29.4 Å². The van der Waals surface area contributed by atoms with Crippen LogP contribution >= 0.6 is 11.3 Å². The number of hydrogen-bond acceptors (Lipinski definition) is 5. The van der Waals surface area contributed by atoms with Crippen molar-refractivity contribution in [3.05, 3.63) is 60.0 Å². The molecular weight excluding hydrogens is 586 g/mol. The number of rotatable bonds is 6. The maximum absolute atomic E-state index is 12.2. The smallest absolute Gasteiger partial charge is 0.442 e. The molecule has 1 aliphatic rings. The Morgan fingerprint density at radius 1 is 1.26 bits per heavy atom. The van der Waals surface area contributed by atoms with Gasteiger partial charge in [0.25, 0.3) is 5.91 Å². The fraction of sp³-hybridized carbons (Fsp3) is 0.318. The molecule has 168 valence electrons. The van der Waals surface area contributed by atoms with Gasteiger partial charge in [0.15, 0.2) is 0 Å². The zero-order valence-corrected chi connectivity index (χ0v) is 21.7. The van der Waals surface area contributed by atoms with E-state index in [-0.39, 0.29) is 47.4 Å². The van der Waals surface area contributed by atoms with Crippen LogP contribution in [0.15, 0.2) is 36.4 Å². The van der Waals surface area contributed by atoms with E-state index in [1.165, 1.54) is 21.1 Å². The normalized spacial score (nSPS) is 14.6. The first-order chi connectivity index (χ1) is 14.4. The minimum atomic E-state index is -0.471. The van der Waals surface area contributed by atoms with Crippen molar-refractivity contribution in [1.29, 1.82) is 0 Å². The maximum atomic E-state index is 12.2. The van der Waals surface area contributed by atoms with E-state index in [0.717, 1.165) is 4.88 Å². The summed E-state index contributed by atoms with van der Waals surface area (Å²) < 4.78 is 5.35. The molecule has 1 aromatic carbocycles.